The van der Waals surface area contributed by atoms with E-state index in [0.29, 0.717) is 12.6 Å². The van der Waals surface area contributed by atoms with Gasteiger partial charge in [-0.25, -0.2) is 0 Å². The summed E-state index contributed by atoms with van der Waals surface area (Å²) >= 11 is 0. The Morgan fingerprint density at radius 3 is 2.42 bits per heavy atom. The molecule has 74 valence electrons. The van der Waals surface area contributed by atoms with Crippen LogP contribution < -0.4 is 5.32 Å². The molecule has 0 spiro atoms. The second kappa shape index (κ2) is 6.40. The van der Waals surface area contributed by atoms with E-state index in [9.17, 15) is 5.11 Å². The minimum atomic E-state index is -0.212. The number of hydrogen-bond acceptors (Lipinski definition) is 3. The average Bonchev–Trinajstić information content (AvgIpc) is 2.00. The highest BCUT2D eigenvalue weighted by Crippen LogP contribution is 1.97. The first-order chi connectivity index (χ1) is 5.57. The predicted octanol–water partition coefficient (Wildman–Crippen LogP) is 0.297. The SMILES string of the molecule is CNCC(O)CCN(C)C(C)C. The number of aliphatic hydroxyl groups is 1. The summed E-state index contributed by atoms with van der Waals surface area (Å²) < 4.78 is 0. The Morgan fingerprint density at radius 2 is 2.00 bits per heavy atom. The van der Waals surface area contributed by atoms with Gasteiger partial charge in [0.05, 0.1) is 6.10 Å². The van der Waals surface area contributed by atoms with Crippen LogP contribution in [0.3, 0.4) is 0 Å². The first kappa shape index (κ1) is 11.9. The standard InChI is InChI=1S/C9H22N2O/c1-8(2)11(4)6-5-9(12)7-10-3/h8-10,12H,5-7H2,1-4H3. The van der Waals surface area contributed by atoms with Gasteiger partial charge in [0.15, 0.2) is 0 Å². The highest BCUT2D eigenvalue weighted by atomic mass is 16.3. The van der Waals surface area contributed by atoms with Crippen LogP contribution in [-0.2, 0) is 0 Å². The van der Waals surface area contributed by atoms with Gasteiger partial charge < -0.3 is 15.3 Å². The van der Waals surface area contributed by atoms with Crippen molar-refractivity contribution in [2.24, 2.45) is 0 Å². The van der Waals surface area contributed by atoms with E-state index in [-0.39, 0.29) is 6.10 Å². The summed E-state index contributed by atoms with van der Waals surface area (Å²) in [7, 11) is 3.94. The van der Waals surface area contributed by atoms with Gasteiger partial charge in [0.2, 0.25) is 0 Å². The summed E-state index contributed by atoms with van der Waals surface area (Å²) in [6.07, 6.45) is 0.631. The van der Waals surface area contributed by atoms with E-state index in [1.54, 1.807) is 0 Å². The maximum atomic E-state index is 9.39. The van der Waals surface area contributed by atoms with E-state index in [2.05, 4.69) is 31.1 Å². The van der Waals surface area contributed by atoms with Crippen LogP contribution in [0.1, 0.15) is 20.3 Å². The van der Waals surface area contributed by atoms with Crippen molar-refractivity contribution in [3.05, 3.63) is 0 Å². The Balaban J connectivity index is 3.40. The molecule has 1 unspecified atom stereocenters. The molecule has 12 heavy (non-hydrogen) atoms. The Morgan fingerprint density at radius 1 is 1.42 bits per heavy atom. The molecule has 0 fully saturated rings. The van der Waals surface area contributed by atoms with Crippen molar-refractivity contribution in [3.63, 3.8) is 0 Å². The van der Waals surface area contributed by atoms with Crippen LogP contribution in [0.4, 0.5) is 0 Å². The van der Waals surface area contributed by atoms with Crippen LogP contribution in [0.2, 0.25) is 0 Å². The maximum Gasteiger partial charge on any atom is 0.0676 e. The Bertz CT molecular complexity index is 107. The van der Waals surface area contributed by atoms with Crippen LogP contribution in [0.25, 0.3) is 0 Å². The molecule has 0 aromatic heterocycles. The minimum Gasteiger partial charge on any atom is -0.392 e. The van der Waals surface area contributed by atoms with E-state index in [1.807, 2.05) is 7.05 Å². The molecule has 0 bridgehead atoms. The van der Waals surface area contributed by atoms with Crippen LogP contribution in [-0.4, -0.2) is 49.3 Å². The average molecular weight is 174 g/mol. The molecular weight excluding hydrogens is 152 g/mol. The number of likely N-dealkylation sites (N-methyl/N-ethyl adjacent to an activating group) is 1. The summed E-state index contributed by atoms with van der Waals surface area (Å²) in [5, 5.41) is 12.3. The summed E-state index contributed by atoms with van der Waals surface area (Å²) in [6.45, 7) is 5.96. The van der Waals surface area contributed by atoms with Gasteiger partial charge in [-0.15, -0.1) is 0 Å². The van der Waals surface area contributed by atoms with E-state index in [4.69, 9.17) is 0 Å². The summed E-state index contributed by atoms with van der Waals surface area (Å²) in [5.41, 5.74) is 0. The van der Waals surface area contributed by atoms with E-state index < -0.39 is 0 Å². The lowest BCUT2D eigenvalue weighted by Crippen LogP contribution is -2.32. The molecule has 0 aromatic rings. The molecule has 0 saturated carbocycles. The quantitative estimate of drug-likeness (QED) is 0.608. The normalized spacial score (nSPS) is 14.2. The molecule has 3 nitrogen and oxygen atoms in total. The lowest BCUT2D eigenvalue weighted by atomic mass is 10.2. The van der Waals surface area contributed by atoms with Crippen molar-refractivity contribution in [3.8, 4) is 0 Å². The van der Waals surface area contributed by atoms with Gasteiger partial charge in [-0.05, 0) is 34.4 Å². The topological polar surface area (TPSA) is 35.5 Å². The third-order valence-corrected chi connectivity index (χ3v) is 2.14. The highest BCUT2D eigenvalue weighted by molar-refractivity contribution is 4.63. The number of hydrogen-bond donors (Lipinski definition) is 2. The largest absolute Gasteiger partial charge is 0.392 e. The van der Waals surface area contributed by atoms with Crippen molar-refractivity contribution < 1.29 is 5.11 Å². The zero-order valence-corrected chi connectivity index (χ0v) is 8.67. The van der Waals surface area contributed by atoms with E-state index >= 15 is 0 Å². The summed E-state index contributed by atoms with van der Waals surface area (Å²) in [6, 6.07) is 0.562. The predicted molar refractivity (Wildman–Crippen MR) is 52.3 cm³/mol. The fourth-order valence-electron chi connectivity index (χ4n) is 0.949. The first-order valence-electron chi connectivity index (χ1n) is 4.60. The second-order valence-electron chi connectivity index (χ2n) is 3.57. The van der Waals surface area contributed by atoms with Gasteiger partial charge in [-0.1, -0.05) is 0 Å². The van der Waals surface area contributed by atoms with E-state index in [1.165, 1.54) is 0 Å². The van der Waals surface area contributed by atoms with Gasteiger partial charge in [0.1, 0.15) is 0 Å². The molecule has 0 aromatic carbocycles. The lowest BCUT2D eigenvalue weighted by Gasteiger charge is -2.22. The molecule has 3 heteroatoms. The first-order valence-corrected chi connectivity index (χ1v) is 4.60. The third-order valence-electron chi connectivity index (χ3n) is 2.14. The molecular formula is C9H22N2O. The summed E-state index contributed by atoms with van der Waals surface area (Å²) in [5.74, 6) is 0. The smallest absolute Gasteiger partial charge is 0.0676 e. The van der Waals surface area contributed by atoms with Crippen molar-refractivity contribution in [2.75, 3.05) is 27.2 Å². The molecule has 0 amide bonds. The molecule has 0 radical (unpaired) electrons. The number of rotatable bonds is 6. The maximum absolute atomic E-state index is 9.39. The molecule has 0 aliphatic carbocycles. The molecule has 2 N–H and O–H groups in total. The fourth-order valence-corrected chi connectivity index (χ4v) is 0.949. The van der Waals surface area contributed by atoms with Crippen LogP contribution in [0.5, 0.6) is 0 Å². The fraction of sp³-hybridized carbons (Fsp3) is 1.00. The Hall–Kier alpha value is -0.120. The highest BCUT2D eigenvalue weighted by Gasteiger charge is 2.06. The van der Waals surface area contributed by atoms with Crippen molar-refractivity contribution in [1.82, 2.24) is 10.2 Å². The number of nitrogens with zero attached hydrogens (tertiary/aromatic N) is 1. The second-order valence-corrected chi connectivity index (χ2v) is 3.57. The molecule has 0 heterocycles. The number of aliphatic hydroxyl groups excluding tert-OH is 1. The van der Waals surface area contributed by atoms with Crippen LogP contribution in [0, 0.1) is 0 Å². The van der Waals surface area contributed by atoms with Gasteiger partial charge in [0.25, 0.3) is 0 Å². The zero-order chi connectivity index (χ0) is 9.56. The van der Waals surface area contributed by atoms with Crippen LogP contribution in [0.15, 0.2) is 0 Å². The van der Waals surface area contributed by atoms with Crippen molar-refractivity contribution in [1.29, 1.82) is 0 Å². The van der Waals surface area contributed by atoms with Gasteiger partial charge in [0, 0.05) is 19.1 Å². The summed E-state index contributed by atoms with van der Waals surface area (Å²) in [4.78, 5) is 2.24. The Labute approximate surface area is 75.8 Å². The zero-order valence-electron chi connectivity index (χ0n) is 8.67. The molecule has 0 rings (SSSR count). The molecule has 0 aliphatic rings. The Kier molecular flexibility index (Phi) is 6.34. The van der Waals surface area contributed by atoms with Crippen LogP contribution >= 0.6 is 0 Å². The van der Waals surface area contributed by atoms with Crippen molar-refractivity contribution >= 4 is 0 Å². The van der Waals surface area contributed by atoms with Crippen molar-refractivity contribution in [2.45, 2.75) is 32.4 Å². The monoisotopic (exact) mass is 174 g/mol. The van der Waals surface area contributed by atoms with Gasteiger partial charge >= 0.3 is 0 Å². The lowest BCUT2D eigenvalue weighted by molar-refractivity contribution is 0.140. The van der Waals surface area contributed by atoms with E-state index in [0.717, 1.165) is 13.0 Å². The minimum absolute atomic E-state index is 0.212. The van der Waals surface area contributed by atoms with Gasteiger partial charge in [-0.2, -0.15) is 0 Å². The molecule has 0 aliphatic heterocycles. The molecule has 0 saturated heterocycles. The van der Waals surface area contributed by atoms with Gasteiger partial charge in [-0.3, -0.25) is 0 Å². The molecule has 1 atom stereocenters. The third kappa shape index (κ3) is 5.52. The number of nitrogens with one attached hydrogen (secondary N) is 1.